The quantitative estimate of drug-likeness (QED) is 0.628. The van der Waals surface area contributed by atoms with Gasteiger partial charge < -0.3 is 4.74 Å². The lowest BCUT2D eigenvalue weighted by Gasteiger charge is -2.13. The highest BCUT2D eigenvalue weighted by Crippen LogP contribution is 2.38. The van der Waals surface area contributed by atoms with E-state index in [1.165, 1.54) is 6.07 Å². The van der Waals surface area contributed by atoms with Crippen molar-refractivity contribution in [1.82, 2.24) is 0 Å². The van der Waals surface area contributed by atoms with Crippen molar-refractivity contribution < 1.29 is 22.8 Å². The van der Waals surface area contributed by atoms with Crippen LogP contribution in [-0.2, 0) is 12.8 Å². The summed E-state index contributed by atoms with van der Waals surface area (Å²) in [5.74, 6) is -0.509. The first-order chi connectivity index (χ1) is 10.8. The number of hydrogen-bond acceptors (Lipinski definition) is 4. The van der Waals surface area contributed by atoms with Crippen molar-refractivity contribution in [3.05, 3.63) is 69.3 Å². The van der Waals surface area contributed by atoms with Crippen LogP contribution in [0.5, 0.6) is 5.75 Å². The normalized spacial score (nSPS) is 10.9. The molecule has 2 rings (SSSR count). The highest BCUT2D eigenvalue weighted by atomic mass is 19.4. The van der Waals surface area contributed by atoms with Crippen molar-refractivity contribution in [3.63, 3.8) is 0 Å². The predicted octanol–water partition coefficient (Wildman–Crippen LogP) is 4.06. The van der Waals surface area contributed by atoms with Crippen LogP contribution in [0.4, 0.5) is 18.9 Å². The summed E-state index contributed by atoms with van der Waals surface area (Å²) in [6, 6.07) is 10.4. The standard InChI is InChI=1S/C15H9F3N2O3/c16-15(17,18)13-7-12(20(21)22)4-5-14(13)23-9-11-3-1-2-10(6-11)8-19/h1-7H,9H2. The van der Waals surface area contributed by atoms with E-state index in [1.807, 2.05) is 6.07 Å². The summed E-state index contributed by atoms with van der Waals surface area (Å²) in [5.41, 5.74) is -1.03. The van der Waals surface area contributed by atoms with Gasteiger partial charge in [-0.1, -0.05) is 12.1 Å². The summed E-state index contributed by atoms with van der Waals surface area (Å²) < 4.78 is 44.1. The highest BCUT2D eigenvalue weighted by Gasteiger charge is 2.36. The lowest BCUT2D eigenvalue weighted by atomic mass is 10.1. The van der Waals surface area contributed by atoms with E-state index >= 15 is 0 Å². The first-order valence-electron chi connectivity index (χ1n) is 6.29. The molecule has 23 heavy (non-hydrogen) atoms. The van der Waals surface area contributed by atoms with E-state index < -0.39 is 28.1 Å². The van der Waals surface area contributed by atoms with Crippen LogP contribution in [0.15, 0.2) is 42.5 Å². The molecule has 0 bridgehead atoms. The molecule has 0 fully saturated rings. The number of nitro groups is 1. The summed E-state index contributed by atoms with van der Waals surface area (Å²) in [4.78, 5) is 9.70. The number of ether oxygens (including phenoxy) is 1. The number of alkyl halides is 3. The van der Waals surface area contributed by atoms with Crippen molar-refractivity contribution in [2.45, 2.75) is 12.8 Å². The molecule has 118 valence electrons. The fourth-order valence-corrected chi connectivity index (χ4v) is 1.87. The number of rotatable bonds is 4. The Labute approximate surface area is 128 Å². The van der Waals surface area contributed by atoms with Crippen LogP contribution in [0.1, 0.15) is 16.7 Å². The lowest BCUT2D eigenvalue weighted by molar-refractivity contribution is -0.385. The summed E-state index contributed by atoms with van der Waals surface area (Å²) in [6.45, 7) is -0.198. The molecule has 0 saturated heterocycles. The molecule has 8 heteroatoms. The second-order valence-electron chi connectivity index (χ2n) is 4.54. The topological polar surface area (TPSA) is 76.2 Å². The van der Waals surface area contributed by atoms with Gasteiger partial charge in [0.05, 0.1) is 16.6 Å². The van der Waals surface area contributed by atoms with E-state index in [4.69, 9.17) is 10.00 Å². The third kappa shape index (κ3) is 3.97. The van der Waals surface area contributed by atoms with Gasteiger partial charge in [-0.3, -0.25) is 10.1 Å². The Balaban J connectivity index is 2.28. The smallest absolute Gasteiger partial charge is 0.420 e. The lowest BCUT2D eigenvalue weighted by Crippen LogP contribution is -2.09. The largest absolute Gasteiger partial charge is 0.488 e. The molecular formula is C15H9F3N2O3. The highest BCUT2D eigenvalue weighted by molar-refractivity contribution is 5.45. The van der Waals surface area contributed by atoms with E-state index in [-0.39, 0.29) is 6.61 Å². The van der Waals surface area contributed by atoms with Gasteiger partial charge in [-0.15, -0.1) is 0 Å². The molecule has 0 spiro atoms. The summed E-state index contributed by atoms with van der Waals surface area (Å²) in [6.07, 6.45) is -4.78. The van der Waals surface area contributed by atoms with Gasteiger partial charge in [-0.25, -0.2) is 0 Å². The molecule has 0 amide bonds. The summed E-state index contributed by atoms with van der Waals surface area (Å²) in [7, 11) is 0. The molecular weight excluding hydrogens is 313 g/mol. The predicted molar refractivity (Wildman–Crippen MR) is 73.6 cm³/mol. The Kier molecular flexibility index (Phi) is 4.50. The van der Waals surface area contributed by atoms with E-state index in [0.29, 0.717) is 17.2 Å². The molecule has 0 unspecified atom stereocenters. The second-order valence-corrected chi connectivity index (χ2v) is 4.54. The first kappa shape index (κ1) is 16.3. The fourth-order valence-electron chi connectivity index (χ4n) is 1.87. The van der Waals surface area contributed by atoms with Crippen LogP contribution in [0.3, 0.4) is 0 Å². The number of nitriles is 1. The summed E-state index contributed by atoms with van der Waals surface area (Å²) in [5, 5.41) is 19.4. The minimum absolute atomic E-state index is 0.198. The second kappa shape index (κ2) is 6.36. The van der Waals surface area contributed by atoms with Crippen molar-refractivity contribution in [2.75, 3.05) is 0 Å². The molecule has 2 aromatic carbocycles. The number of nitro benzene ring substituents is 1. The van der Waals surface area contributed by atoms with Crippen LogP contribution >= 0.6 is 0 Å². The third-order valence-corrected chi connectivity index (χ3v) is 2.93. The van der Waals surface area contributed by atoms with E-state index in [1.54, 1.807) is 18.2 Å². The van der Waals surface area contributed by atoms with Crippen LogP contribution in [0.25, 0.3) is 0 Å². The number of non-ortho nitro benzene ring substituents is 1. The molecule has 0 heterocycles. The monoisotopic (exact) mass is 322 g/mol. The minimum atomic E-state index is -4.78. The number of nitrogens with zero attached hydrogens (tertiary/aromatic N) is 2. The molecule has 0 aromatic heterocycles. The van der Waals surface area contributed by atoms with Crippen molar-refractivity contribution in [2.24, 2.45) is 0 Å². The van der Waals surface area contributed by atoms with Gasteiger partial charge in [0.15, 0.2) is 0 Å². The molecule has 2 aromatic rings. The molecule has 5 nitrogen and oxygen atoms in total. The van der Waals surface area contributed by atoms with E-state index in [9.17, 15) is 23.3 Å². The first-order valence-corrected chi connectivity index (χ1v) is 6.29. The molecule has 0 aliphatic carbocycles. The number of hydrogen-bond donors (Lipinski definition) is 0. The van der Waals surface area contributed by atoms with Gasteiger partial charge in [0.25, 0.3) is 5.69 Å². The van der Waals surface area contributed by atoms with E-state index in [0.717, 1.165) is 12.1 Å². The van der Waals surface area contributed by atoms with Gasteiger partial charge in [0, 0.05) is 12.1 Å². The zero-order valence-electron chi connectivity index (χ0n) is 11.5. The Morgan fingerprint density at radius 1 is 1.22 bits per heavy atom. The maximum Gasteiger partial charge on any atom is 0.420 e. The average Bonchev–Trinajstić information content (AvgIpc) is 2.52. The molecule has 0 aliphatic heterocycles. The van der Waals surface area contributed by atoms with Crippen molar-refractivity contribution in [3.8, 4) is 11.8 Å². The Hall–Kier alpha value is -3.08. The SMILES string of the molecule is N#Cc1cccc(COc2ccc([N+](=O)[O-])cc2C(F)(F)F)c1. The zero-order valence-corrected chi connectivity index (χ0v) is 11.5. The number of halogens is 3. The number of benzene rings is 2. The van der Waals surface area contributed by atoms with Gasteiger partial charge in [-0.2, -0.15) is 18.4 Å². The van der Waals surface area contributed by atoms with Crippen LogP contribution in [-0.4, -0.2) is 4.92 Å². The van der Waals surface area contributed by atoms with Gasteiger partial charge in [0.2, 0.25) is 0 Å². The van der Waals surface area contributed by atoms with Crippen LogP contribution < -0.4 is 4.74 Å². The zero-order chi connectivity index (χ0) is 17.0. The molecule has 0 atom stereocenters. The Bertz CT molecular complexity index is 782. The van der Waals surface area contributed by atoms with E-state index in [2.05, 4.69) is 0 Å². The van der Waals surface area contributed by atoms with Crippen LogP contribution in [0.2, 0.25) is 0 Å². The molecule has 0 N–H and O–H groups in total. The van der Waals surface area contributed by atoms with Crippen LogP contribution in [0, 0.1) is 21.4 Å². The van der Waals surface area contributed by atoms with Gasteiger partial charge in [-0.05, 0) is 23.8 Å². The molecule has 0 radical (unpaired) electrons. The maximum atomic E-state index is 13.0. The Morgan fingerprint density at radius 2 is 1.96 bits per heavy atom. The maximum absolute atomic E-state index is 13.0. The minimum Gasteiger partial charge on any atom is -0.488 e. The van der Waals surface area contributed by atoms with Crippen molar-refractivity contribution >= 4 is 5.69 Å². The van der Waals surface area contributed by atoms with Crippen molar-refractivity contribution in [1.29, 1.82) is 5.26 Å². The Morgan fingerprint density at radius 3 is 2.57 bits per heavy atom. The fraction of sp³-hybridized carbons (Fsp3) is 0.133. The van der Waals surface area contributed by atoms with Gasteiger partial charge in [0.1, 0.15) is 17.9 Å². The molecule has 0 aliphatic rings. The average molecular weight is 322 g/mol. The molecule has 0 saturated carbocycles. The summed E-state index contributed by atoms with van der Waals surface area (Å²) >= 11 is 0. The van der Waals surface area contributed by atoms with Gasteiger partial charge >= 0.3 is 6.18 Å². The third-order valence-electron chi connectivity index (χ3n) is 2.93.